The van der Waals surface area contributed by atoms with Gasteiger partial charge in [0.25, 0.3) is 0 Å². The van der Waals surface area contributed by atoms with Crippen LogP contribution in [0.2, 0.25) is 0 Å². The van der Waals surface area contributed by atoms with Gasteiger partial charge in [-0.05, 0) is 62.3 Å². The highest BCUT2D eigenvalue weighted by atomic mass is 15.2. The molecule has 2 atom stereocenters. The Balaban J connectivity index is 1.90. The molecule has 19 heavy (non-hydrogen) atoms. The lowest BCUT2D eigenvalue weighted by Gasteiger charge is -2.46. The molecule has 2 unspecified atom stereocenters. The predicted molar refractivity (Wildman–Crippen MR) is 78.2 cm³/mol. The SMILES string of the molecule is Cc1cc(C#N)ccc1N1CCCC2CCCCC21. The van der Waals surface area contributed by atoms with Crippen molar-refractivity contribution >= 4 is 5.69 Å². The lowest BCUT2D eigenvalue weighted by molar-refractivity contribution is 0.243. The van der Waals surface area contributed by atoms with E-state index in [1.54, 1.807) is 0 Å². The van der Waals surface area contributed by atoms with Crippen molar-refractivity contribution in [2.24, 2.45) is 5.92 Å². The zero-order chi connectivity index (χ0) is 13.2. The van der Waals surface area contributed by atoms with E-state index >= 15 is 0 Å². The summed E-state index contributed by atoms with van der Waals surface area (Å²) in [5.41, 5.74) is 3.39. The number of aryl methyl sites for hydroxylation is 1. The lowest BCUT2D eigenvalue weighted by atomic mass is 9.78. The molecular weight excluding hydrogens is 232 g/mol. The van der Waals surface area contributed by atoms with Crippen LogP contribution in [0, 0.1) is 24.2 Å². The summed E-state index contributed by atoms with van der Waals surface area (Å²) in [6, 6.07) is 9.13. The van der Waals surface area contributed by atoms with Crippen LogP contribution in [0.15, 0.2) is 18.2 Å². The molecule has 0 radical (unpaired) electrons. The van der Waals surface area contributed by atoms with Crippen LogP contribution in [-0.4, -0.2) is 12.6 Å². The Kier molecular flexibility index (Phi) is 3.46. The molecule has 0 amide bonds. The molecule has 1 saturated heterocycles. The third kappa shape index (κ3) is 2.34. The van der Waals surface area contributed by atoms with Crippen LogP contribution >= 0.6 is 0 Å². The van der Waals surface area contributed by atoms with Gasteiger partial charge in [-0.2, -0.15) is 5.26 Å². The molecule has 2 nitrogen and oxygen atoms in total. The first-order valence-corrected chi connectivity index (χ1v) is 7.57. The third-order valence-corrected chi connectivity index (χ3v) is 4.88. The van der Waals surface area contributed by atoms with Gasteiger partial charge in [0.05, 0.1) is 11.6 Å². The summed E-state index contributed by atoms with van der Waals surface area (Å²) in [4.78, 5) is 2.63. The van der Waals surface area contributed by atoms with E-state index in [4.69, 9.17) is 5.26 Å². The summed E-state index contributed by atoms with van der Waals surface area (Å²) in [6.07, 6.45) is 8.30. The van der Waals surface area contributed by atoms with Gasteiger partial charge in [-0.3, -0.25) is 0 Å². The number of hydrogen-bond acceptors (Lipinski definition) is 2. The van der Waals surface area contributed by atoms with Gasteiger partial charge in [0.15, 0.2) is 0 Å². The Hall–Kier alpha value is -1.49. The molecule has 1 aromatic carbocycles. The van der Waals surface area contributed by atoms with Crippen molar-refractivity contribution in [1.82, 2.24) is 0 Å². The van der Waals surface area contributed by atoms with E-state index in [-0.39, 0.29) is 0 Å². The van der Waals surface area contributed by atoms with E-state index in [1.165, 1.54) is 56.3 Å². The minimum atomic E-state index is 0.745. The smallest absolute Gasteiger partial charge is 0.0991 e. The molecule has 0 spiro atoms. The number of fused-ring (bicyclic) bond motifs is 1. The van der Waals surface area contributed by atoms with Gasteiger partial charge in [0, 0.05) is 18.3 Å². The zero-order valence-electron chi connectivity index (χ0n) is 11.7. The first-order chi connectivity index (χ1) is 9.29. The number of benzene rings is 1. The second-order valence-electron chi connectivity index (χ2n) is 6.06. The molecule has 0 bridgehead atoms. The fraction of sp³-hybridized carbons (Fsp3) is 0.588. The van der Waals surface area contributed by atoms with Crippen molar-refractivity contribution in [3.63, 3.8) is 0 Å². The number of piperidine rings is 1. The maximum Gasteiger partial charge on any atom is 0.0991 e. The van der Waals surface area contributed by atoms with Crippen molar-refractivity contribution in [2.75, 3.05) is 11.4 Å². The maximum absolute atomic E-state index is 8.99. The van der Waals surface area contributed by atoms with Gasteiger partial charge in [0.2, 0.25) is 0 Å². The van der Waals surface area contributed by atoms with Gasteiger partial charge in [-0.25, -0.2) is 0 Å². The van der Waals surface area contributed by atoms with E-state index in [9.17, 15) is 0 Å². The molecule has 0 N–H and O–H groups in total. The third-order valence-electron chi connectivity index (χ3n) is 4.88. The van der Waals surface area contributed by atoms with E-state index < -0.39 is 0 Å². The number of anilines is 1. The molecule has 1 aliphatic heterocycles. The minimum Gasteiger partial charge on any atom is -0.368 e. The summed E-state index contributed by atoms with van der Waals surface area (Å²) < 4.78 is 0. The van der Waals surface area contributed by atoms with Gasteiger partial charge < -0.3 is 4.90 Å². The Morgan fingerprint density at radius 2 is 1.95 bits per heavy atom. The van der Waals surface area contributed by atoms with Crippen LogP contribution < -0.4 is 4.90 Å². The highest BCUT2D eigenvalue weighted by Gasteiger charge is 2.33. The number of nitrogens with zero attached hydrogens (tertiary/aromatic N) is 2. The van der Waals surface area contributed by atoms with Crippen molar-refractivity contribution in [1.29, 1.82) is 5.26 Å². The van der Waals surface area contributed by atoms with Gasteiger partial charge in [-0.15, -0.1) is 0 Å². The standard InChI is InChI=1S/C17H22N2/c1-13-11-14(12-18)8-9-16(13)19-10-4-6-15-5-2-3-7-17(15)19/h8-9,11,15,17H,2-7,10H2,1H3. The Morgan fingerprint density at radius 1 is 1.16 bits per heavy atom. The van der Waals surface area contributed by atoms with Crippen LogP contribution in [0.3, 0.4) is 0 Å². The molecule has 1 saturated carbocycles. The topological polar surface area (TPSA) is 27.0 Å². The average Bonchev–Trinajstić information content (AvgIpc) is 2.46. The second-order valence-corrected chi connectivity index (χ2v) is 6.06. The molecule has 2 heteroatoms. The fourth-order valence-electron chi connectivity index (χ4n) is 3.97. The number of nitriles is 1. The van der Waals surface area contributed by atoms with Gasteiger partial charge in [0.1, 0.15) is 0 Å². The zero-order valence-corrected chi connectivity index (χ0v) is 11.7. The molecule has 1 heterocycles. The highest BCUT2D eigenvalue weighted by Crippen LogP contribution is 2.38. The molecule has 2 fully saturated rings. The lowest BCUT2D eigenvalue weighted by Crippen LogP contribution is -2.47. The van der Waals surface area contributed by atoms with Crippen molar-refractivity contribution in [2.45, 2.75) is 51.5 Å². The second kappa shape index (κ2) is 5.25. The minimum absolute atomic E-state index is 0.745. The summed E-state index contributed by atoms with van der Waals surface area (Å²) in [5, 5.41) is 8.99. The van der Waals surface area contributed by atoms with Crippen LogP contribution in [0.4, 0.5) is 5.69 Å². The Morgan fingerprint density at radius 3 is 2.74 bits per heavy atom. The quantitative estimate of drug-likeness (QED) is 0.756. The van der Waals surface area contributed by atoms with Crippen molar-refractivity contribution < 1.29 is 0 Å². The molecule has 1 aromatic rings. The van der Waals surface area contributed by atoms with Gasteiger partial charge >= 0.3 is 0 Å². The normalized spacial score (nSPS) is 26.6. The molecule has 2 aliphatic rings. The van der Waals surface area contributed by atoms with Crippen molar-refractivity contribution in [3.8, 4) is 6.07 Å². The van der Waals surface area contributed by atoms with Crippen LogP contribution in [0.1, 0.15) is 49.7 Å². The first-order valence-electron chi connectivity index (χ1n) is 7.57. The molecule has 3 rings (SSSR count). The molecule has 100 valence electrons. The van der Waals surface area contributed by atoms with E-state index in [1.807, 2.05) is 12.1 Å². The summed E-state index contributed by atoms with van der Waals surface area (Å²) in [5.74, 6) is 0.901. The van der Waals surface area contributed by atoms with Crippen LogP contribution in [-0.2, 0) is 0 Å². The predicted octanol–water partition coefficient (Wildman–Crippen LogP) is 4.03. The summed E-state index contributed by atoms with van der Waals surface area (Å²) in [7, 11) is 0. The van der Waals surface area contributed by atoms with Crippen LogP contribution in [0.25, 0.3) is 0 Å². The highest BCUT2D eigenvalue weighted by molar-refractivity contribution is 5.57. The molecule has 0 aromatic heterocycles. The molecule has 1 aliphatic carbocycles. The first kappa shape index (κ1) is 12.5. The largest absolute Gasteiger partial charge is 0.368 e. The molecular formula is C17H22N2. The van der Waals surface area contributed by atoms with Crippen molar-refractivity contribution in [3.05, 3.63) is 29.3 Å². The van der Waals surface area contributed by atoms with Gasteiger partial charge in [-0.1, -0.05) is 12.8 Å². The average molecular weight is 254 g/mol. The monoisotopic (exact) mass is 254 g/mol. The maximum atomic E-state index is 8.99. The fourth-order valence-corrected chi connectivity index (χ4v) is 3.97. The van der Waals surface area contributed by atoms with E-state index in [0.29, 0.717) is 0 Å². The number of hydrogen-bond donors (Lipinski definition) is 0. The summed E-state index contributed by atoms with van der Waals surface area (Å²) in [6.45, 7) is 3.33. The summed E-state index contributed by atoms with van der Waals surface area (Å²) >= 11 is 0. The van der Waals surface area contributed by atoms with E-state index in [0.717, 1.165) is 17.5 Å². The number of rotatable bonds is 1. The Labute approximate surface area is 116 Å². The Bertz CT molecular complexity index is 498. The van der Waals surface area contributed by atoms with Crippen LogP contribution in [0.5, 0.6) is 0 Å². The van der Waals surface area contributed by atoms with E-state index in [2.05, 4.69) is 24.0 Å².